The summed E-state index contributed by atoms with van der Waals surface area (Å²) >= 11 is 0. The molecule has 0 saturated heterocycles. The maximum Gasteiger partial charge on any atom is 0.150 e. The molecule has 0 atom stereocenters. The summed E-state index contributed by atoms with van der Waals surface area (Å²) in [6.45, 7) is 2.98. The van der Waals surface area contributed by atoms with Gasteiger partial charge in [0, 0.05) is 5.56 Å². The highest BCUT2D eigenvalue weighted by Gasteiger charge is 2.01. The van der Waals surface area contributed by atoms with Crippen LogP contribution in [0, 0.1) is 0 Å². The highest BCUT2D eigenvalue weighted by Crippen LogP contribution is 2.24. The third-order valence-electron chi connectivity index (χ3n) is 3.48. The van der Waals surface area contributed by atoms with Gasteiger partial charge in [0.15, 0.2) is 0 Å². The summed E-state index contributed by atoms with van der Waals surface area (Å²) in [7, 11) is 0. The summed E-state index contributed by atoms with van der Waals surface area (Å²) in [5, 5.41) is 0. The first-order chi connectivity index (χ1) is 10.3. The highest BCUT2D eigenvalue weighted by atomic mass is 16.5. The van der Waals surface area contributed by atoms with Gasteiger partial charge >= 0.3 is 0 Å². The summed E-state index contributed by atoms with van der Waals surface area (Å²) in [5.41, 5.74) is 2.90. The molecule has 2 aromatic rings. The molecular weight excluding hydrogens is 260 g/mol. The molecule has 0 N–H and O–H groups in total. The number of ether oxygens (including phenoxy) is 1. The van der Waals surface area contributed by atoms with Crippen LogP contribution in [0.25, 0.3) is 11.1 Å². The molecule has 0 saturated carbocycles. The van der Waals surface area contributed by atoms with Crippen molar-refractivity contribution in [3.63, 3.8) is 0 Å². The predicted molar refractivity (Wildman–Crippen MR) is 86.9 cm³/mol. The fraction of sp³-hybridized carbons (Fsp3) is 0.316. The number of hydrogen-bond acceptors (Lipinski definition) is 2. The van der Waals surface area contributed by atoms with Crippen LogP contribution in [0.15, 0.2) is 48.5 Å². The third kappa shape index (κ3) is 4.75. The second kappa shape index (κ2) is 8.25. The van der Waals surface area contributed by atoms with Gasteiger partial charge in [-0.15, -0.1) is 0 Å². The van der Waals surface area contributed by atoms with E-state index in [2.05, 4.69) is 19.1 Å². The molecule has 2 rings (SSSR count). The van der Waals surface area contributed by atoms with Crippen LogP contribution in [0.1, 0.15) is 43.0 Å². The van der Waals surface area contributed by atoms with Crippen molar-refractivity contribution in [3.8, 4) is 16.9 Å². The number of benzene rings is 2. The predicted octanol–water partition coefficient (Wildman–Crippen LogP) is 5.13. The SMILES string of the molecule is CCCCCCOc1cccc(-c2ccc(C=O)cc2)c1. The molecule has 110 valence electrons. The van der Waals surface area contributed by atoms with E-state index in [4.69, 9.17) is 4.74 Å². The van der Waals surface area contributed by atoms with Gasteiger partial charge in [0.05, 0.1) is 6.61 Å². The van der Waals surface area contributed by atoms with Crippen LogP contribution < -0.4 is 4.74 Å². The van der Waals surface area contributed by atoms with Crippen molar-refractivity contribution >= 4 is 6.29 Å². The van der Waals surface area contributed by atoms with E-state index in [0.717, 1.165) is 36.2 Å². The Hall–Kier alpha value is -2.09. The van der Waals surface area contributed by atoms with Gasteiger partial charge in [-0.3, -0.25) is 4.79 Å². The average Bonchev–Trinajstić information content (AvgIpc) is 2.55. The largest absolute Gasteiger partial charge is 0.494 e. The fourth-order valence-corrected chi connectivity index (χ4v) is 2.24. The van der Waals surface area contributed by atoms with Crippen LogP contribution in [0.3, 0.4) is 0 Å². The first-order valence-corrected chi connectivity index (χ1v) is 7.62. The lowest BCUT2D eigenvalue weighted by atomic mass is 10.0. The van der Waals surface area contributed by atoms with Crippen molar-refractivity contribution in [2.45, 2.75) is 32.6 Å². The lowest BCUT2D eigenvalue weighted by Gasteiger charge is -2.08. The van der Waals surface area contributed by atoms with Crippen LogP contribution in [0.5, 0.6) is 5.75 Å². The molecule has 0 fully saturated rings. The maximum absolute atomic E-state index is 10.7. The molecule has 0 unspecified atom stereocenters. The standard InChI is InChI=1S/C19H22O2/c1-2-3-4-5-13-21-19-8-6-7-18(14-19)17-11-9-16(15-20)10-12-17/h6-12,14-15H,2-5,13H2,1H3. The van der Waals surface area contributed by atoms with Crippen LogP contribution in [0.4, 0.5) is 0 Å². The molecule has 0 aliphatic carbocycles. The van der Waals surface area contributed by atoms with Gasteiger partial charge in [-0.2, -0.15) is 0 Å². The molecule has 2 nitrogen and oxygen atoms in total. The molecule has 0 aromatic heterocycles. The Morgan fingerprint density at radius 2 is 1.76 bits per heavy atom. The second-order valence-electron chi connectivity index (χ2n) is 5.18. The Kier molecular flexibility index (Phi) is 6.01. The summed E-state index contributed by atoms with van der Waals surface area (Å²) in [4.78, 5) is 10.7. The molecule has 2 aromatic carbocycles. The molecule has 0 aliphatic heterocycles. The van der Waals surface area contributed by atoms with Gasteiger partial charge in [-0.1, -0.05) is 62.6 Å². The topological polar surface area (TPSA) is 26.3 Å². The fourth-order valence-electron chi connectivity index (χ4n) is 2.24. The summed E-state index contributed by atoms with van der Waals surface area (Å²) in [6, 6.07) is 15.7. The number of unbranched alkanes of at least 4 members (excludes halogenated alkanes) is 3. The van der Waals surface area contributed by atoms with E-state index < -0.39 is 0 Å². The van der Waals surface area contributed by atoms with E-state index in [0.29, 0.717) is 5.56 Å². The third-order valence-corrected chi connectivity index (χ3v) is 3.48. The van der Waals surface area contributed by atoms with E-state index in [-0.39, 0.29) is 0 Å². The molecule has 0 heterocycles. The second-order valence-corrected chi connectivity index (χ2v) is 5.18. The Balaban J connectivity index is 1.98. The first-order valence-electron chi connectivity index (χ1n) is 7.62. The minimum atomic E-state index is 0.696. The molecule has 0 amide bonds. The summed E-state index contributed by atoms with van der Waals surface area (Å²) in [6.07, 6.45) is 5.70. The Morgan fingerprint density at radius 1 is 0.952 bits per heavy atom. The van der Waals surface area contributed by atoms with Crippen LogP contribution >= 0.6 is 0 Å². The molecule has 21 heavy (non-hydrogen) atoms. The van der Waals surface area contributed by atoms with Gasteiger partial charge in [0.1, 0.15) is 12.0 Å². The van der Waals surface area contributed by atoms with Crippen molar-refractivity contribution in [1.29, 1.82) is 0 Å². The van der Waals surface area contributed by atoms with Crippen LogP contribution in [0.2, 0.25) is 0 Å². The van der Waals surface area contributed by atoms with Gasteiger partial charge in [-0.25, -0.2) is 0 Å². The highest BCUT2D eigenvalue weighted by molar-refractivity contribution is 5.77. The van der Waals surface area contributed by atoms with Crippen molar-refractivity contribution in [3.05, 3.63) is 54.1 Å². The van der Waals surface area contributed by atoms with Gasteiger partial charge in [-0.05, 0) is 29.7 Å². The van der Waals surface area contributed by atoms with Gasteiger partial charge in [0.25, 0.3) is 0 Å². The Labute approximate surface area is 126 Å². The Bertz CT molecular complexity index is 558. The van der Waals surface area contributed by atoms with E-state index >= 15 is 0 Å². The first kappa shape index (κ1) is 15.3. The van der Waals surface area contributed by atoms with E-state index in [1.165, 1.54) is 19.3 Å². The minimum absolute atomic E-state index is 0.696. The van der Waals surface area contributed by atoms with E-state index in [1.54, 1.807) is 0 Å². The van der Waals surface area contributed by atoms with Gasteiger partial charge < -0.3 is 4.74 Å². The molecular formula is C19H22O2. The average molecular weight is 282 g/mol. The molecule has 2 heteroatoms. The number of hydrogen-bond donors (Lipinski definition) is 0. The smallest absolute Gasteiger partial charge is 0.150 e. The molecule has 0 bridgehead atoms. The van der Waals surface area contributed by atoms with E-state index in [9.17, 15) is 4.79 Å². The van der Waals surface area contributed by atoms with Gasteiger partial charge in [0.2, 0.25) is 0 Å². The normalized spacial score (nSPS) is 10.3. The number of aldehydes is 1. The number of carbonyl (C=O) groups excluding carboxylic acids is 1. The van der Waals surface area contributed by atoms with Crippen molar-refractivity contribution < 1.29 is 9.53 Å². The Morgan fingerprint density at radius 3 is 2.48 bits per heavy atom. The zero-order valence-electron chi connectivity index (χ0n) is 12.5. The lowest BCUT2D eigenvalue weighted by Crippen LogP contribution is -1.97. The monoisotopic (exact) mass is 282 g/mol. The van der Waals surface area contributed by atoms with Crippen LogP contribution in [-0.2, 0) is 0 Å². The van der Waals surface area contributed by atoms with Crippen molar-refractivity contribution in [2.24, 2.45) is 0 Å². The zero-order valence-corrected chi connectivity index (χ0v) is 12.5. The summed E-state index contributed by atoms with van der Waals surface area (Å²) in [5.74, 6) is 0.906. The molecule has 0 aliphatic rings. The molecule has 0 radical (unpaired) electrons. The quantitative estimate of drug-likeness (QED) is 0.496. The summed E-state index contributed by atoms with van der Waals surface area (Å²) < 4.78 is 5.80. The lowest BCUT2D eigenvalue weighted by molar-refractivity contribution is 0.112. The number of rotatable bonds is 8. The van der Waals surface area contributed by atoms with Crippen molar-refractivity contribution in [2.75, 3.05) is 6.61 Å². The van der Waals surface area contributed by atoms with E-state index in [1.807, 2.05) is 36.4 Å². The molecule has 0 spiro atoms. The number of carbonyl (C=O) groups is 1. The maximum atomic E-state index is 10.7. The zero-order chi connectivity index (χ0) is 14.9. The minimum Gasteiger partial charge on any atom is -0.494 e. The van der Waals surface area contributed by atoms with Crippen LogP contribution in [-0.4, -0.2) is 12.9 Å². The van der Waals surface area contributed by atoms with Crippen molar-refractivity contribution in [1.82, 2.24) is 0 Å².